The lowest BCUT2D eigenvalue weighted by Crippen LogP contribution is -2.49. The van der Waals surface area contributed by atoms with Crippen molar-refractivity contribution in [3.8, 4) is 5.75 Å². The average molecular weight is 354 g/mol. The maximum absolute atomic E-state index is 12.8. The summed E-state index contributed by atoms with van der Waals surface area (Å²) in [5.41, 5.74) is 1.79. The van der Waals surface area contributed by atoms with Gasteiger partial charge in [0, 0.05) is 32.4 Å². The van der Waals surface area contributed by atoms with Crippen molar-refractivity contribution in [2.24, 2.45) is 0 Å². The van der Waals surface area contributed by atoms with Crippen LogP contribution < -0.4 is 9.64 Å². The van der Waals surface area contributed by atoms with Crippen LogP contribution in [0.1, 0.15) is 33.3 Å². The SMILES string of the molecule is COc1ccccc1C(=O)N1CCN(c2ncc(C(C)=O)c(C)n2)CC1. The van der Waals surface area contributed by atoms with E-state index in [4.69, 9.17) is 4.74 Å². The van der Waals surface area contributed by atoms with E-state index in [1.54, 1.807) is 25.4 Å². The summed E-state index contributed by atoms with van der Waals surface area (Å²) in [5, 5.41) is 0. The predicted octanol–water partition coefficient (Wildman–Crippen LogP) is 1.96. The van der Waals surface area contributed by atoms with E-state index in [1.165, 1.54) is 6.92 Å². The molecular formula is C19H22N4O3. The van der Waals surface area contributed by atoms with Crippen molar-refractivity contribution >= 4 is 17.6 Å². The highest BCUT2D eigenvalue weighted by molar-refractivity contribution is 5.97. The van der Waals surface area contributed by atoms with Crippen LogP contribution >= 0.6 is 0 Å². The average Bonchev–Trinajstić information content (AvgIpc) is 2.67. The van der Waals surface area contributed by atoms with Crippen LogP contribution in [0.5, 0.6) is 5.75 Å². The van der Waals surface area contributed by atoms with Crippen LogP contribution in [0, 0.1) is 6.92 Å². The molecular weight excluding hydrogens is 332 g/mol. The Labute approximate surface area is 152 Å². The number of amides is 1. The number of para-hydroxylation sites is 1. The second-order valence-corrected chi connectivity index (χ2v) is 6.20. The number of carbonyl (C=O) groups is 2. The number of rotatable bonds is 4. The van der Waals surface area contributed by atoms with Gasteiger partial charge < -0.3 is 14.5 Å². The normalized spacial score (nSPS) is 14.3. The summed E-state index contributed by atoms with van der Waals surface area (Å²) in [7, 11) is 1.56. The van der Waals surface area contributed by atoms with Gasteiger partial charge in [0.1, 0.15) is 5.75 Å². The van der Waals surface area contributed by atoms with Crippen LogP contribution in [0.2, 0.25) is 0 Å². The number of aromatic nitrogens is 2. The summed E-state index contributed by atoms with van der Waals surface area (Å²) in [4.78, 5) is 36.9. The molecule has 0 radical (unpaired) electrons. The lowest BCUT2D eigenvalue weighted by atomic mass is 10.1. The Morgan fingerprint density at radius 2 is 1.77 bits per heavy atom. The zero-order valence-electron chi connectivity index (χ0n) is 15.2. The van der Waals surface area contributed by atoms with Crippen molar-refractivity contribution in [1.29, 1.82) is 0 Å². The molecule has 0 N–H and O–H groups in total. The van der Waals surface area contributed by atoms with Gasteiger partial charge in [-0.05, 0) is 26.0 Å². The van der Waals surface area contributed by atoms with Crippen LogP contribution in [-0.2, 0) is 0 Å². The van der Waals surface area contributed by atoms with Gasteiger partial charge in [0.15, 0.2) is 5.78 Å². The van der Waals surface area contributed by atoms with Crippen LogP contribution in [0.4, 0.5) is 5.95 Å². The fourth-order valence-electron chi connectivity index (χ4n) is 3.05. The number of ether oxygens (including phenoxy) is 1. The summed E-state index contributed by atoms with van der Waals surface area (Å²) < 4.78 is 5.29. The number of hydrogen-bond donors (Lipinski definition) is 0. The van der Waals surface area contributed by atoms with Gasteiger partial charge in [0.05, 0.1) is 23.9 Å². The Bertz CT molecular complexity index is 829. The Hall–Kier alpha value is -2.96. The maximum Gasteiger partial charge on any atom is 0.257 e. The molecule has 0 aliphatic carbocycles. The van der Waals surface area contributed by atoms with Crippen molar-refractivity contribution in [3.63, 3.8) is 0 Å². The predicted molar refractivity (Wildman–Crippen MR) is 97.9 cm³/mol. The van der Waals surface area contributed by atoms with Crippen molar-refractivity contribution in [1.82, 2.24) is 14.9 Å². The highest BCUT2D eigenvalue weighted by Crippen LogP contribution is 2.21. The van der Waals surface area contributed by atoms with Crippen LogP contribution in [-0.4, -0.2) is 59.8 Å². The summed E-state index contributed by atoms with van der Waals surface area (Å²) >= 11 is 0. The molecule has 0 bridgehead atoms. The van der Waals surface area contributed by atoms with Crippen LogP contribution in [0.25, 0.3) is 0 Å². The summed E-state index contributed by atoms with van der Waals surface area (Å²) in [6.07, 6.45) is 1.58. The van der Waals surface area contributed by atoms with Crippen molar-refractivity contribution < 1.29 is 14.3 Å². The third-order valence-corrected chi connectivity index (χ3v) is 4.53. The van der Waals surface area contributed by atoms with Gasteiger partial charge in [-0.25, -0.2) is 9.97 Å². The van der Waals surface area contributed by atoms with Crippen LogP contribution in [0.3, 0.4) is 0 Å². The number of hydrogen-bond acceptors (Lipinski definition) is 6. The third-order valence-electron chi connectivity index (χ3n) is 4.53. The Kier molecular flexibility index (Phi) is 5.16. The largest absolute Gasteiger partial charge is 0.496 e. The van der Waals surface area contributed by atoms with Gasteiger partial charge in [-0.2, -0.15) is 0 Å². The molecule has 1 amide bonds. The van der Waals surface area contributed by atoms with E-state index in [0.717, 1.165) is 0 Å². The zero-order valence-corrected chi connectivity index (χ0v) is 15.2. The first-order valence-electron chi connectivity index (χ1n) is 8.53. The molecule has 0 atom stereocenters. The molecule has 1 aromatic carbocycles. The van der Waals surface area contributed by atoms with Gasteiger partial charge >= 0.3 is 0 Å². The first-order valence-corrected chi connectivity index (χ1v) is 8.53. The molecule has 1 aliphatic rings. The number of aryl methyl sites for hydroxylation is 1. The van der Waals surface area contributed by atoms with E-state index < -0.39 is 0 Å². The highest BCUT2D eigenvalue weighted by atomic mass is 16.5. The van der Waals surface area contributed by atoms with E-state index in [9.17, 15) is 9.59 Å². The van der Waals surface area contributed by atoms with Crippen molar-refractivity contribution in [2.75, 3.05) is 38.2 Å². The molecule has 0 spiro atoms. The minimum Gasteiger partial charge on any atom is -0.496 e. The monoisotopic (exact) mass is 354 g/mol. The number of anilines is 1. The molecule has 1 aromatic heterocycles. The lowest BCUT2D eigenvalue weighted by Gasteiger charge is -2.35. The van der Waals surface area contributed by atoms with E-state index in [1.807, 2.05) is 28.9 Å². The second-order valence-electron chi connectivity index (χ2n) is 6.20. The van der Waals surface area contributed by atoms with Crippen LogP contribution in [0.15, 0.2) is 30.5 Å². The summed E-state index contributed by atoms with van der Waals surface area (Å²) in [5.74, 6) is 1.10. The van der Waals surface area contributed by atoms with Gasteiger partial charge in [-0.1, -0.05) is 12.1 Å². The molecule has 136 valence electrons. The molecule has 2 aromatic rings. The molecule has 26 heavy (non-hydrogen) atoms. The minimum absolute atomic E-state index is 0.0360. The molecule has 1 saturated heterocycles. The minimum atomic E-state index is -0.0405. The van der Waals surface area contributed by atoms with E-state index >= 15 is 0 Å². The number of ketones is 1. The number of benzene rings is 1. The lowest BCUT2D eigenvalue weighted by molar-refractivity contribution is 0.0742. The first-order chi connectivity index (χ1) is 12.5. The van der Waals surface area contributed by atoms with Gasteiger partial charge in [0.2, 0.25) is 5.95 Å². The molecule has 1 aliphatic heterocycles. The zero-order chi connectivity index (χ0) is 18.7. The number of nitrogens with zero attached hydrogens (tertiary/aromatic N) is 4. The molecule has 0 saturated carbocycles. The second kappa shape index (κ2) is 7.51. The van der Waals surface area contributed by atoms with E-state index in [0.29, 0.717) is 54.7 Å². The van der Waals surface area contributed by atoms with E-state index in [2.05, 4.69) is 9.97 Å². The number of piperazine rings is 1. The van der Waals surface area contributed by atoms with Crippen molar-refractivity contribution in [2.45, 2.75) is 13.8 Å². The molecule has 7 nitrogen and oxygen atoms in total. The maximum atomic E-state index is 12.8. The number of carbonyl (C=O) groups excluding carboxylic acids is 2. The smallest absolute Gasteiger partial charge is 0.257 e. The highest BCUT2D eigenvalue weighted by Gasteiger charge is 2.25. The first kappa shape index (κ1) is 17.8. The van der Waals surface area contributed by atoms with Gasteiger partial charge in [0.25, 0.3) is 5.91 Å². The molecule has 1 fully saturated rings. The standard InChI is InChI=1S/C19H22N4O3/c1-13-16(14(2)24)12-20-19(21-13)23-10-8-22(9-11-23)18(25)15-6-4-5-7-17(15)26-3/h4-7,12H,8-11H2,1-3H3. The Balaban J connectivity index is 1.68. The molecule has 7 heteroatoms. The van der Waals surface area contributed by atoms with E-state index in [-0.39, 0.29) is 11.7 Å². The third kappa shape index (κ3) is 3.51. The molecule has 2 heterocycles. The summed E-state index contributed by atoms with van der Waals surface area (Å²) in [6.45, 7) is 5.75. The van der Waals surface area contributed by atoms with Crippen molar-refractivity contribution in [3.05, 3.63) is 47.3 Å². The number of methoxy groups -OCH3 is 1. The fourth-order valence-corrected chi connectivity index (χ4v) is 3.05. The van der Waals surface area contributed by atoms with Gasteiger partial charge in [-0.3, -0.25) is 9.59 Å². The van der Waals surface area contributed by atoms with Gasteiger partial charge in [-0.15, -0.1) is 0 Å². The molecule has 0 unspecified atom stereocenters. The summed E-state index contributed by atoms with van der Waals surface area (Å²) in [6, 6.07) is 7.24. The quantitative estimate of drug-likeness (QED) is 0.782. The Morgan fingerprint density at radius 1 is 1.08 bits per heavy atom. The topological polar surface area (TPSA) is 75.6 Å². The fraction of sp³-hybridized carbons (Fsp3) is 0.368. The molecule has 3 rings (SSSR count). The number of Topliss-reactive ketones (excluding diaryl/α,β-unsaturated/α-hetero) is 1. The Morgan fingerprint density at radius 3 is 2.38 bits per heavy atom.